The Bertz CT molecular complexity index is 555. The summed E-state index contributed by atoms with van der Waals surface area (Å²) in [5.74, 6) is -0.184. The van der Waals surface area contributed by atoms with E-state index in [2.05, 4.69) is 12.2 Å². The first-order chi connectivity index (χ1) is 9.70. The molecule has 0 unspecified atom stereocenters. The summed E-state index contributed by atoms with van der Waals surface area (Å²) < 4.78 is 32.3. The van der Waals surface area contributed by atoms with Crippen molar-refractivity contribution in [2.24, 2.45) is 0 Å². The Hall–Kier alpha value is -1.94. The topological polar surface area (TPSA) is 21.3 Å². The van der Waals surface area contributed by atoms with Crippen molar-refractivity contribution in [2.45, 2.75) is 19.9 Å². The third-order valence-corrected chi connectivity index (χ3v) is 2.82. The highest BCUT2D eigenvalue weighted by atomic mass is 19.1. The van der Waals surface area contributed by atoms with E-state index in [1.807, 2.05) is 6.07 Å². The molecule has 0 heterocycles. The molecule has 0 spiro atoms. The van der Waals surface area contributed by atoms with Crippen LogP contribution in [0.1, 0.15) is 18.9 Å². The van der Waals surface area contributed by atoms with E-state index in [0.29, 0.717) is 12.3 Å². The quantitative estimate of drug-likeness (QED) is 0.797. The molecule has 2 rings (SSSR count). The number of benzene rings is 2. The normalized spacial score (nSPS) is 10.6. The molecular weight excluding hydrogens is 260 g/mol. The van der Waals surface area contributed by atoms with E-state index in [1.54, 1.807) is 6.07 Å². The molecule has 106 valence electrons. The molecule has 0 aliphatic heterocycles. The van der Waals surface area contributed by atoms with Crippen LogP contribution >= 0.6 is 0 Å². The minimum Gasteiger partial charge on any atom is -0.454 e. The van der Waals surface area contributed by atoms with Crippen LogP contribution in [0.3, 0.4) is 0 Å². The Balaban J connectivity index is 2.18. The van der Waals surface area contributed by atoms with Crippen molar-refractivity contribution >= 4 is 0 Å². The SMILES string of the molecule is CCCNCc1cccc(F)c1Oc1ccc(F)cc1. The summed E-state index contributed by atoms with van der Waals surface area (Å²) in [6, 6.07) is 10.3. The molecule has 0 fully saturated rings. The van der Waals surface area contributed by atoms with Crippen molar-refractivity contribution in [3.8, 4) is 11.5 Å². The van der Waals surface area contributed by atoms with E-state index in [0.717, 1.165) is 18.5 Å². The number of hydrogen-bond acceptors (Lipinski definition) is 2. The lowest BCUT2D eigenvalue weighted by atomic mass is 10.2. The summed E-state index contributed by atoms with van der Waals surface area (Å²) in [7, 11) is 0. The number of rotatable bonds is 6. The lowest BCUT2D eigenvalue weighted by Crippen LogP contribution is -2.14. The third-order valence-electron chi connectivity index (χ3n) is 2.82. The third kappa shape index (κ3) is 3.78. The molecule has 0 atom stereocenters. The van der Waals surface area contributed by atoms with Gasteiger partial charge in [-0.2, -0.15) is 0 Å². The maximum absolute atomic E-state index is 13.9. The van der Waals surface area contributed by atoms with Gasteiger partial charge >= 0.3 is 0 Å². The molecular formula is C16H17F2NO. The minimum absolute atomic E-state index is 0.183. The smallest absolute Gasteiger partial charge is 0.167 e. The van der Waals surface area contributed by atoms with E-state index in [4.69, 9.17) is 4.74 Å². The van der Waals surface area contributed by atoms with Crippen LogP contribution in [0.2, 0.25) is 0 Å². The van der Waals surface area contributed by atoms with E-state index in [1.165, 1.54) is 30.3 Å². The van der Waals surface area contributed by atoms with Gasteiger partial charge in [-0.25, -0.2) is 8.78 Å². The van der Waals surface area contributed by atoms with Gasteiger partial charge in [0.25, 0.3) is 0 Å². The fraction of sp³-hybridized carbons (Fsp3) is 0.250. The van der Waals surface area contributed by atoms with E-state index < -0.39 is 5.82 Å². The molecule has 1 N–H and O–H groups in total. The van der Waals surface area contributed by atoms with Gasteiger partial charge in [0.15, 0.2) is 11.6 Å². The highest BCUT2D eigenvalue weighted by Gasteiger charge is 2.10. The van der Waals surface area contributed by atoms with Crippen molar-refractivity contribution in [1.29, 1.82) is 0 Å². The van der Waals surface area contributed by atoms with Crippen LogP contribution in [0.4, 0.5) is 8.78 Å². The van der Waals surface area contributed by atoms with Gasteiger partial charge < -0.3 is 10.1 Å². The number of hydrogen-bond donors (Lipinski definition) is 1. The molecule has 0 saturated carbocycles. The highest BCUT2D eigenvalue weighted by molar-refractivity contribution is 5.39. The molecule has 2 aromatic rings. The Morgan fingerprint density at radius 3 is 2.50 bits per heavy atom. The van der Waals surface area contributed by atoms with Crippen LogP contribution in [0.5, 0.6) is 11.5 Å². The van der Waals surface area contributed by atoms with Crippen molar-refractivity contribution in [3.05, 3.63) is 59.7 Å². The van der Waals surface area contributed by atoms with Crippen molar-refractivity contribution < 1.29 is 13.5 Å². The zero-order chi connectivity index (χ0) is 14.4. The lowest BCUT2D eigenvalue weighted by molar-refractivity contribution is 0.432. The molecule has 2 aromatic carbocycles. The molecule has 0 bridgehead atoms. The summed E-state index contributed by atoms with van der Waals surface area (Å²) in [6.45, 7) is 3.45. The van der Waals surface area contributed by atoms with Gasteiger partial charge in [0, 0.05) is 12.1 Å². The fourth-order valence-corrected chi connectivity index (χ4v) is 1.83. The van der Waals surface area contributed by atoms with Gasteiger partial charge in [-0.05, 0) is 43.3 Å². The first kappa shape index (κ1) is 14.5. The van der Waals surface area contributed by atoms with Gasteiger partial charge in [0.2, 0.25) is 0 Å². The molecule has 0 aliphatic carbocycles. The predicted octanol–water partition coefficient (Wildman–Crippen LogP) is 4.26. The maximum Gasteiger partial charge on any atom is 0.167 e. The molecule has 0 saturated heterocycles. The zero-order valence-electron chi connectivity index (χ0n) is 11.3. The zero-order valence-corrected chi connectivity index (χ0v) is 11.3. The van der Waals surface area contributed by atoms with Crippen LogP contribution in [0, 0.1) is 11.6 Å². The number of halogens is 2. The summed E-state index contributed by atoms with van der Waals surface area (Å²) >= 11 is 0. The fourth-order valence-electron chi connectivity index (χ4n) is 1.83. The average Bonchev–Trinajstić information content (AvgIpc) is 2.45. The predicted molar refractivity (Wildman–Crippen MR) is 74.9 cm³/mol. The van der Waals surface area contributed by atoms with Crippen molar-refractivity contribution in [1.82, 2.24) is 5.32 Å². The molecule has 20 heavy (non-hydrogen) atoms. The van der Waals surface area contributed by atoms with Crippen molar-refractivity contribution in [3.63, 3.8) is 0 Å². The van der Waals surface area contributed by atoms with E-state index in [-0.39, 0.29) is 11.6 Å². The highest BCUT2D eigenvalue weighted by Crippen LogP contribution is 2.28. The van der Waals surface area contributed by atoms with Crippen LogP contribution in [0.15, 0.2) is 42.5 Å². The number of para-hydroxylation sites is 1. The Morgan fingerprint density at radius 1 is 1.05 bits per heavy atom. The van der Waals surface area contributed by atoms with Crippen LogP contribution in [0.25, 0.3) is 0 Å². The Morgan fingerprint density at radius 2 is 1.80 bits per heavy atom. The standard InChI is InChI=1S/C16H17F2NO/c1-2-10-19-11-12-4-3-5-15(18)16(12)20-14-8-6-13(17)7-9-14/h3-9,19H,2,10-11H2,1H3. The molecule has 0 aliphatic rings. The monoisotopic (exact) mass is 277 g/mol. The van der Waals surface area contributed by atoms with Crippen molar-refractivity contribution in [2.75, 3.05) is 6.54 Å². The summed E-state index contributed by atoms with van der Waals surface area (Å²) in [6.07, 6.45) is 1.00. The Kier molecular flexibility index (Phi) is 5.07. The van der Waals surface area contributed by atoms with Gasteiger partial charge in [-0.3, -0.25) is 0 Å². The summed E-state index contributed by atoms with van der Waals surface area (Å²) in [5.41, 5.74) is 0.739. The molecule has 0 radical (unpaired) electrons. The van der Waals surface area contributed by atoms with Gasteiger partial charge in [0.05, 0.1) is 0 Å². The van der Waals surface area contributed by atoms with Crippen LogP contribution in [-0.2, 0) is 6.54 Å². The van der Waals surface area contributed by atoms with E-state index >= 15 is 0 Å². The number of nitrogens with one attached hydrogen (secondary N) is 1. The Labute approximate surface area is 117 Å². The first-order valence-electron chi connectivity index (χ1n) is 6.62. The average molecular weight is 277 g/mol. The summed E-state index contributed by atoms with van der Waals surface area (Å²) in [5, 5.41) is 3.21. The van der Waals surface area contributed by atoms with Gasteiger partial charge in [-0.1, -0.05) is 19.1 Å². The van der Waals surface area contributed by atoms with Crippen LogP contribution in [-0.4, -0.2) is 6.54 Å². The number of ether oxygens (including phenoxy) is 1. The first-order valence-corrected chi connectivity index (χ1v) is 6.62. The molecule has 2 nitrogen and oxygen atoms in total. The largest absolute Gasteiger partial charge is 0.454 e. The minimum atomic E-state index is -0.426. The summed E-state index contributed by atoms with van der Waals surface area (Å²) in [4.78, 5) is 0. The van der Waals surface area contributed by atoms with Gasteiger partial charge in [0.1, 0.15) is 11.6 Å². The lowest BCUT2D eigenvalue weighted by Gasteiger charge is -2.12. The van der Waals surface area contributed by atoms with E-state index in [9.17, 15) is 8.78 Å². The molecule has 0 aromatic heterocycles. The van der Waals surface area contributed by atoms with Crippen LogP contribution < -0.4 is 10.1 Å². The second-order valence-corrected chi connectivity index (χ2v) is 4.46. The molecule has 0 amide bonds. The molecule has 4 heteroatoms. The maximum atomic E-state index is 13.9. The van der Waals surface area contributed by atoms with Gasteiger partial charge in [-0.15, -0.1) is 0 Å². The second-order valence-electron chi connectivity index (χ2n) is 4.46. The second kappa shape index (κ2) is 7.01.